The number of amides is 1. The average molecular weight is 297 g/mol. The van der Waals surface area contributed by atoms with Crippen LogP contribution >= 0.6 is 0 Å². The molecule has 0 aliphatic carbocycles. The Hall–Kier alpha value is -2.68. The third-order valence-corrected chi connectivity index (χ3v) is 2.44. The van der Waals surface area contributed by atoms with Crippen molar-refractivity contribution in [1.82, 2.24) is 9.97 Å². The number of hydrogen-bond donors (Lipinski definition) is 3. The first kappa shape index (κ1) is 14.7. The van der Waals surface area contributed by atoms with Gasteiger partial charge in [0.2, 0.25) is 0 Å². The molecule has 9 heteroatoms. The molecule has 2 rings (SSSR count). The number of pyridine rings is 2. The number of nitrogens with two attached hydrogens (primary N) is 1. The van der Waals surface area contributed by atoms with Crippen molar-refractivity contribution in [2.24, 2.45) is 5.84 Å². The minimum Gasteiger partial charge on any atom is -0.319 e. The van der Waals surface area contributed by atoms with Gasteiger partial charge in [-0.2, -0.15) is 13.2 Å². The highest BCUT2D eigenvalue weighted by Gasteiger charge is 2.32. The highest BCUT2D eigenvalue weighted by Crippen LogP contribution is 2.27. The van der Waals surface area contributed by atoms with E-state index < -0.39 is 17.8 Å². The fraction of sp³-hybridized carbons (Fsp3) is 0.0833. The number of nitrogens with zero attached hydrogens (tertiary/aromatic N) is 2. The van der Waals surface area contributed by atoms with E-state index in [1.807, 2.05) is 0 Å². The first-order valence-electron chi connectivity index (χ1n) is 5.68. The third kappa shape index (κ3) is 3.66. The molecule has 0 saturated heterocycles. The fourth-order valence-electron chi connectivity index (χ4n) is 1.47. The van der Waals surface area contributed by atoms with Gasteiger partial charge in [-0.15, -0.1) is 0 Å². The summed E-state index contributed by atoms with van der Waals surface area (Å²) in [7, 11) is 0. The lowest BCUT2D eigenvalue weighted by atomic mass is 10.3. The van der Waals surface area contributed by atoms with Crippen LogP contribution in [0.1, 0.15) is 16.2 Å². The molecule has 0 aliphatic rings. The second-order valence-electron chi connectivity index (χ2n) is 3.94. The number of carbonyl (C=O) groups excluding carboxylic acids is 1. The van der Waals surface area contributed by atoms with E-state index in [0.717, 1.165) is 18.3 Å². The zero-order valence-electron chi connectivity index (χ0n) is 10.5. The maximum absolute atomic E-state index is 12.4. The van der Waals surface area contributed by atoms with Gasteiger partial charge in [0, 0.05) is 0 Å². The summed E-state index contributed by atoms with van der Waals surface area (Å²) in [4.78, 5) is 19.0. The van der Waals surface area contributed by atoms with E-state index in [1.165, 1.54) is 6.07 Å². The molecular weight excluding hydrogens is 287 g/mol. The first-order valence-corrected chi connectivity index (χ1v) is 5.68. The smallest absolute Gasteiger partial charge is 0.319 e. The van der Waals surface area contributed by atoms with Crippen LogP contribution in [-0.4, -0.2) is 15.9 Å². The third-order valence-electron chi connectivity index (χ3n) is 2.44. The Morgan fingerprint density at radius 3 is 2.52 bits per heavy atom. The molecule has 0 atom stereocenters. The van der Waals surface area contributed by atoms with Crippen LogP contribution in [-0.2, 0) is 6.18 Å². The van der Waals surface area contributed by atoms with Gasteiger partial charge in [0.15, 0.2) is 0 Å². The van der Waals surface area contributed by atoms with Gasteiger partial charge in [-0.1, -0.05) is 6.07 Å². The van der Waals surface area contributed by atoms with Crippen molar-refractivity contribution in [3.63, 3.8) is 0 Å². The molecule has 0 spiro atoms. The number of hydrogen-bond acceptors (Lipinski definition) is 5. The van der Waals surface area contributed by atoms with Crippen molar-refractivity contribution in [3.05, 3.63) is 47.9 Å². The summed E-state index contributed by atoms with van der Waals surface area (Å²) < 4.78 is 37.1. The van der Waals surface area contributed by atoms with Gasteiger partial charge in [-0.3, -0.25) is 4.79 Å². The highest BCUT2D eigenvalue weighted by molar-refractivity contribution is 6.02. The number of halogens is 3. The molecule has 0 fully saturated rings. The Kier molecular flexibility index (Phi) is 4.03. The van der Waals surface area contributed by atoms with Crippen molar-refractivity contribution in [2.45, 2.75) is 6.18 Å². The molecule has 0 saturated carbocycles. The summed E-state index contributed by atoms with van der Waals surface area (Å²) in [6.07, 6.45) is -3.60. The Morgan fingerprint density at radius 2 is 1.95 bits per heavy atom. The first-order chi connectivity index (χ1) is 9.90. The molecule has 0 bridgehead atoms. The number of rotatable bonds is 3. The highest BCUT2D eigenvalue weighted by atomic mass is 19.4. The molecular formula is C12H10F3N5O. The van der Waals surface area contributed by atoms with Crippen LogP contribution in [0.3, 0.4) is 0 Å². The predicted molar refractivity (Wildman–Crippen MR) is 69.2 cm³/mol. The van der Waals surface area contributed by atoms with Gasteiger partial charge in [0.1, 0.15) is 17.2 Å². The second-order valence-corrected chi connectivity index (χ2v) is 3.94. The van der Waals surface area contributed by atoms with E-state index in [0.29, 0.717) is 0 Å². The van der Waals surface area contributed by atoms with E-state index in [1.54, 1.807) is 12.1 Å². The Balaban J connectivity index is 2.12. The summed E-state index contributed by atoms with van der Waals surface area (Å²) >= 11 is 0. The molecule has 2 aromatic rings. The minimum atomic E-state index is -4.52. The van der Waals surface area contributed by atoms with Crippen molar-refractivity contribution in [2.75, 3.05) is 10.7 Å². The van der Waals surface area contributed by atoms with Gasteiger partial charge in [0.05, 0.1) is 11.9 Å². The van der Waals surface area contributed by atoms with Gasteiger partial charge in [-0.25, -0.2) is 15.8 Å². The molecule has 1 amide bonds. The Bertz CT molecular complexity index is 642. The Morgan fingerprint density at radius 1 is 1.19 bits per heavy atom. The van der Waals surface area contributed by atoms with E-state index in [-0.39, 0.29) is 17.2 Å². The van der Waals surface area contributed by atoms with E-state index in [2.05, 4.69) is 20.7 Å². The van der Waals surface area contributed by atoms with Crippen LogP contribution in [0.15, 0.2) is 36.5 Å². The normalized spacial score (nSPS) is 11.0. The predicted octanol–water partition coefficient (Wildman–Crippen LogP) is 2.03. The monoisotopic (exact) mass is 297 g/mol. The zero-order chi connectivity index (χ0) is 15.5. The molecule has 21 heavy (non-hydrogen) atoms. The second kappa shape index (κ2) is 5.75. The number of nitrogen functional groups attached to an aromatic ring is 1. The molecule has 6 nitrogen and oxygen atoms in total. The van der Waals surface area contributed by atoms with Gasteiger partial charge in [0.25, 0.3) is 5.91 Å². The van der Waals surface area contributed by atoms with Crippen LogP contribution in [0.2, 0.25) is 0 Å². The lowest BCUT2D eigenvalue weighted by Gasteiger charge is -2.08. The number of carbonyl (C=O) groups is 1. The van der Waals surface area contributed by atoms with Crippen LogP contribution in [0, 0.1) is 0 Å². The van der Waals surface area contributed by atoms with Gasteiger partial charge < -0.3 is 10.7 Å². The molecule has 0 aliphatic heterocycles. The van der Waals surface area contributed by atoms with Gasteiger partial charge in [-0.05, 0) is 24.3 Å². The quantitative estimate of drug-likeness (QED) is 0.595. The average Bonchev–Trinajstić information content (AvgIpc) is 2.47. The lowest BCUT2D eigenvalue weighted by Crippen LogP contribution is -2.16. The number of anilines is 2. The van der Waals surface area contributed by atoms with Crippen molar-refractivity contribution >= 4 is 17.4 Å². The van der Waals surface area contributed by atoms with E-state index in [9.17, 15) is 18.0 Å². The van der Waals surface area contributed by atoms with Crippen molar-refractivity contribution < 1.29 is 18.0 Å². The number of hydrazine groups is 1. The summed E-state index contributed by atoms with van der Waals surface area (Å²) in [5.74, 6) is 4.86. The Labute approximate surface area is 117 Å². The fourth-order valence-corrected chi connectivity index (χ4v) is 1.47. The zero-order valence-corrected chi connectivity index (χ0v) is 10.5. The maximum Gasteiger partial charge on any atom is 0.433 e. The van der Waals surface area contributed by atoms with E-state index in [4.69, 9.17) is 5.84 Å². The standard InChI is InChI=1S/C12H10F3N5O/c13-12(14,15)9-5-4-7(6-17-9)18-11(21)8-2-1-3-10(19-8)20-16/h1-6H,16H2,(H,18,21)(H,19,20). The minimum absolute atomic E-state index is 0.0605. The summed E-state index contributed by atoms with van der Waals surface area (Å²) in [5, 5.41) is 2.39. The summed E-state index contributed by atoms with van der Waals surface area (Å²) in [5.41, 5.74) is 1.43. The summed E-state index contributed by atoms with van der Waals surface area (Å²) in [6, 6.07) is 6.44. The van der Waals surface area contributed by atoms with Crippen molar-refractivity contribution in [1.29, 1.82) is 0 Å². The number of aromatic nitrogens is 2. The lowest BCUT2D eigenvalue weighted by molar-refractivity contribution is -0.141. The number of alkyl halides is 3. The molecule has 0 radical (unpaired) electrons. The molecule has 0 aromatic carbocycles. The SMILES string of the molecule is NNc1cccc(C(=O)Nc2ccc(C(F)(F)F)nc2)n1. The summed E-state index contributed by atoms with van der Waals surface area (Å²) in [6.45, 7) is 0. The van der Waals surface area contributed by atoms with Gasteiger partial charge >= 0.3 is 6.18 Å². The van der Waals surface area contributed by atoms with E-state index >= 15 is 0 Å². The molecule has 2 aromatic heterocycles. The van der Waals surface area contributed by atoms with Crippen LogP contribution < -0.4 is 16.6 Å². The number of nitrogens with one attached hydrogen (secondary N) is 2. The molecule has 4 N–H and O–H groups in total. The van der Waals surface area contributed by atoms with Crippen LogP contribution in [0.5, 0.6) is 0 Å². The largest absolute Gasteiger partial charge is 0.433 e. The molecule has 0 unspecified atom stereocenters. The van der Waals surface area contributed by atoms with Crippen molar-refractivity contribution in [3.8, 4) is 0 Å². The molecule has 110 valence electrons. The maximum atomic E-state index is 12.4. The molecule has 2 heterocycles. The topological polar surface area (TPSA) is 92.9 Å². The van der Waals surface area contributed by atoms with Crippen LogP contribution in [0.25, 0.3) is 0 Å². The van der Waals surface area contributed by atoms with Crippen LogP contribution in [0.4, 0.5) is 24.7 Å².